The first-order valence-electron chi connectivity index (χ1n) is 7.26. The van der Waals surface area contributed by atoms with Crippen LogP contribution in [-0.4, -0.2) is 59.4 Å². The third-order valence-electron chi connectivity index (χ3n) is 3.95. The molecule has 0 spiro atoms. The summed E-state index contributed by atoms with van der Waals surface area (Å²) in [6.45, 7) is 1.98. The number of halogens is 1. The number of nitrogens with zero attached hydrogens (tertiary/aromatic N) is 2. The maximum absolute atomic E-state index is 13.4. The molecule has 0 aliphatic carbocycles. The number of hydrogen-bond donors (Lipinski definition) is 1. The van der Waals surface area contributed by atoms with Gasteiger partial charge in [0.2, 0.25) is 11.8 Å². The van der Waals surface area contributed by atoms with Crippen molar-refractivity contribution >= 4 is 23.6 Å². The summed E-state index contributed by atoms with van der Waals surface area (Å²) in [5, 5.41) is 3.24. The maximum Gasteiger partial charge on any atom is 0.242 e. The van der Waals surface area contributed by atoms with Crippen LogP contribution in [0.2, 0.25) is 0 Å². The fourth-order valence-corrected chi connectivity index (χ4v) is 3.71. The van der Waals surface area contributed by atoms with Crippen LogP contribution in [0.3, 0.4) is 0 Å². The lowest BCUT2D eigenvalue weighted by Gasteiger charge is -2.37. The molecule has 1 atom stereocenters. The van der Waals surface area contributed by atoms with Gasteiger partial charge in [0, 0.05) is 19.6 Å². The van der Waals surface area contributed by atoms with Crippen LogP contribution in [0.4, 0.5) is 4.39 Å². The molecule has 2 amide bonds. The molecular formula is C15H18FN3O2S. The molecule has 0 radical (unpaired) electrons. The Morgan fingerprint density at radius 2 is 2.32 bits per heavy atom. The number of piperazine rings is 1. The Kier molecular flexibility index (Phi) is 4.63. The van der Waals surface area contributed by atoms with Gasteiger partial charge in [-0.15, -0.1) is 11.8 Å². The molecule has 22 heavy (non-hydrogen) atoms. The van der Waals surface area contributed by atoms with Gasteiger partial charge in [-0.25, -0.2) is 4.39 Å². The van der Waals surface area contributed by atoms with E-state index < -0.39 is 0 Å². The quantitative estimate of drug-likeness (QED) is 0.895. The van der Waals surface area contributed by atoms with Crippen molar-refractivity contribution in [2.45, 2.75) is 6.04 Å². The Balaban J connectivity index is 1.74. The highest BCUT2D eigenvalue weighted by atomic mass is 32.2. The van der Waals surface area contributed by atoms with E-state index in [1.165, 1.54) is 23.9 Å². The molecule has 5 nitrogen and oxygen atoms in total. The smallest absolute Gasteiger partial charge is 0.242 e. The minimum Gasteiger partial charge on any atom is -0.332 e. The minimum absolute atomic E-state index is 0.00999. The third kappa shape index (κ3) is 3.25. The molecule has 1 aromatic rings. The van der Waals surface area contributed by atoms with E-state index in [9.17, 15) is 14.0 Å². The Bertz CT molecular complexity index is 584. The molecule has 2 saturated heterocycles. The van der Waals surface area contributed by atoms with Crippen LogP contribution >= 0.6 is 11.8 Å². The second kappa shape index (κ2) is 6.66. The summed E-state index contributed by atoms with van der Waals surface area (Å²) >= 11 is 1.52. The van der Waals surface area contributed by atoms with Gasteiger partial charge < -0.3 is 15.1 Å². The van der Waals surface area contributed by atoms with E-state index in [0.717, 1.165) is 5.56 Å². The third-order valence-corrected chi connectivity index (χ3v) is 4.89. The number of benzene rings is 1. The number of hydrogen-bond acceptors (Lipinski definition) is 4. The van der Waals surface area contributed by atoms with Gasteiger partial charge in [0.25, 0.3) is 0 Å². The van der Waals surface area contributed by atoms with Gasteiger partial charge in [-0.3, -0.25) is 9.59 Å². The van der Waals surface area contributed by atoms with E-state index in [1.54, 1.807) is 15.9 Å². The van der Waals surface area contributed by atoms with Crippen molar-refractivity contribution in [3.63, 3.8) is 0 Å². The average Bonchev–Trinajstić information content (AvgIpc) is 2.92. The normalized spacial score (nSPS) is 22.2. The fraction of sp³-hybridized carbons (Fsp3) is 0.467. The predicted octanol–water partition coefficient (Wildman–Crippen LogP) is 0.832. The number of carbonyl (C=O) groups is 2. The van der Waals surface area contributed by atoms with Crippen molar-refractivity contribution in [2.24, 2.45) is 0 Å². The molecule has 0 bridgehead atoms. The molecule has 2 fully saturated rings. The lowest BCUT2D eigenvalue weighted by atomic mass is 10.0. The zero-order chi connectivity index (χ0) is 15.5. The van der Waals surface area contributed by atoms with Gasteiger partial charge >= 0.3 is 0 Å². The summed E-state index contributed by atoms with van der Waals surface area (Å²) in [6, 6.07) is 6.16. The molecule has 2 aliphatic heterocycles. The maximum atomic E-state index is 13.4. The Morgan fingerprint density at radius 1 is 1.45 bits per heavy atom. The molecule has 118 valence electrons. The van der Waals surface area contributed by atoms with Gasteiger partial charge in [-0.1, -0.05) is 12.1 Å². The number of amides is 2. The molecular weight excluding hydrogens is 305 g/mol. The highest BCUT2D eigenvalue weighted by molar-refractivity contribution is 8.00. The van der Waals surface area contributed by atoms with E-state index >= 15 is 0 Å². The summed E-state index contributed by atoms with van der Waals surface area (Å²) in [6.07, 6.45) is 0. The first kappa shape index (κ1) is 15.3. The van der Waals surface area contributed by atoms with Crippen LogP contribution < -0.4 is 5.32 Å². The molecule has 7 heteroatoms. The summed E-state index contributed by atoms with van der Waals surface area (Å²) in [5.74, 6) is 0.646. The topological polar surface area (TPSA) is 52.7 Å². The molecule has 1 unspecified atom stereocenters. The lowest BCUT2D eigenvalue weighted by molar-refractivity contribution is -0.140. The molecule has 2 aliphatic rings. The number of nitrogens with one attached hydrogen (secondary N) is 1. The second-order valence-electron chi connectivity index (χ2n) is 5.43. The van der Waals surface area contributed by atoms with E-state index in [2.05, 4.69) is 5.32 Å². The van der Waals surface area contributed by atoms with Crippen LogP contribution in [0.5, 0.6) is 0 Å². The lowest BCUT2D eigenvalue weighted by Crippen LogP contribution is -2.51. The van der Waals surface area contributed by atoms with E-state index in [-0.39, 0.29) is 30.2 Å². The average molecular weight is 323 g/mol. The summed E-state index contributed by atoms with van der Waals surface area (Å²) in [4.78, 5) is 27.6. The molecule has 0 saturated carbocycles. The van der Waals surface area contributed by atoms with Crippen molar-refractivity contribution in [1.82, 2.24) is 15.1 Å². The van der Waals surface area contributed by atoms with Crippen LogP contribution in [0.25, 0.3) is 0 Å². The van der Waals surface area contributed by atoms with Gasteiger partial charge in [0.05, 0.1) is 17.7 Å². The van der Waals surface area contributed by atoms with Crippen LogP contribution in [0.15, 0.2) is 24.3 Å². The Morgan fingerprint density at radius 3 is 3.05 bits per heavy atom. The molecule has 3 rings (SSSR count). The molecule has 0 aromatic heterocycles. The van der Waals surface area contributed by atoms with Crippen LogP contribution in [-0.2, 0) is 9.59 Å². The minimum atomic E-state index is -0.304. The van der Waals surface area contributed by atoms with Gasteiger partial charge in [0.1, 0.15) is 12.4 Å². The van der Waals surface area contributed by atoms with E-state index in [1.807, 2.05) is 6.07 Å². The van der Waals surface area contributed by atoms with Crippen LogP contribution in [0, 0.1) is 5.82 Å². The highest BCUT2D eigenvalue weighted by Gasteiger charge is 2.31. The first-order chi connectivity index (χ1) is 10.6. The second-order valence-corrected chi connectivity index (χ2v) is 6.39. The monoisotopic (exact) mass is 323 g/mol. The largest absolute Gasteiger partial charge is 0.332 e. The van der Waals surface area contributed by atoms with Crippen molar-refractivity contribution in [3.05, 3.63) is 35.6 Å². The predicted molar refractivity (Wildman–Crippen MR) is 82.8 cm³/mol. The summed E-state index contributed by atoms with van der Waals surface area (Å²) in [5.41, 5.74) is 0.780. The first-order valence-corrected chi connectivity index (χ1v) is 8.42. The van der Waals surface area contributed by atoms with Gasteiger partial charge in [-0.05, 0) is 17.7 Å². The van der Waals surface area contributed by atoms with Crippen molar-refractivity contribution in [1.29, 1.82) is 0 Å². The Labute approximate surface area is 132 Å². The summed E-state index contributed by atoms with van der Waals surface area (Å²) < 4.78 is 13.4. The number of thioether (sulfide) groups is 1. The zero-order valence-electron chi connectivity index (χ0n) is 12.1. The van der Waals surface area contributed by atoms with Crippen molar-refractivity contribution < 1.29 is 14.0 Å². The van der Waals surface area contributed by atoms with Crippen molar-refractivity contribution in [2.75, 3.05) is 37.8 Å². The van der Waals surface area contributed by atoms with Gasteiger partial charge in [0.15, 0.2) is 0 Å². The standard InChI is InChI=1S/C15H18FN3O2S/c16-12-3-1-2-11(6-12)13-7-17-4-5-19(13)14(20)8-18-10-22-9-15(18)21/h1-3,6,13,17H,4-5,7-10H2. The highest BCUT2D eigenvalue weighted by Crippen LogP contribution is 2.24. The number of carbonyl (C=O) groups excluding carboxylic acids is 2. The summed E-state index contributed by atoms with van der Waals surface area (Å²) in [7, 11) is 0. The van der Waals surface area contributed by atoms with E-state index in [0.29, 0.717) is 31.3 Å². The van der Waals surface area contributed by atoms with E-state index in [4.69, 9.17) is 0 Å². The molecule has 2 heterocycles. The molecule has 1 N–H and O–H groups in total. The molecule has 1 aromatic carbocycles. The Hall–Kier alpha value is -1.60. The fourth-order valence-electron chi connectivity index (χ4n) is 2.81. The van der Waals surface area contributed by atoms with Crippen molar-refractivity contribution in [3.8, 4) is 0 Å². The van der Waals surface area contributed by atoms with Gasteiger partial charge in [-0.2, -0.15) is 0 Å². The SMILES string of the molecule is O=C1CSCN1CC(=O)N1CCNCC1c1cccc(F)c1. The number of rotatable bonds is 3. The van der Waals surface area contributed by atoms with Crippen LogP contribution in [0.1, 0.15) is 11.6 Å². The zero-order valence-corrected chi connectivity index (χ0v) is 12.9.